The average molecular weight is 396 g/mol. The molecule has 29 heavy (non-hydrogen) atoms. The molecule has 0 atom stereocenters. The highest BCUT2D eigenvalue weighted by atomic mass is 16.5. The number of ether oxygens (including phenoxy) is 3. The van der Waals surface area contributed by atoms with E-state index in [-0.39, 0.29) is 5.78 Å². The van der Waals surface area contributed by atoms with Gasteiger partial charge >= 0.3 is 0 Å². The van der Waals surface area contributed by atoms with Crippen molar-refractivity contribution in [3.63, 3.8) is 0 Å². The maximum Gasteiger partial charge on any atom is 0.203 e. The van der Waals surface area contributed by atoms with Gasteiger partial charge in [-0.1, -0.05) is 6.08 Å². The third-order valence-corrected chi connectivity index (χ3v) is 5.13. The first-order valence-electron chi connectivity index (χ1n) is 9.61. The van der Waals surface area contributed by atoms with Crippen LogP contribution in [0.3, 0.4) is 0 Å². The second-order valence-corrected chi connectivity index (χ2v) is 6.99. The highest BCUT2D eigenvalue weighted by Gasteiger charge is 2.15. The minimum atomic E-state index is -0.0521. The van der Waals surface area contributed by atoms with E-state index in [1.54, 1.807) is 33.5 Å². The first-order valence-corrected chi connectivity index (χ1v) is 9.61. The number of hydrogen-bond donors (Lipinski definition) is 0. The quantitative estimate of drug-likeness (QED) is 0.528. The molecule has 0 spiro atoms. The van der Waals surface area contributed by atoms with Gasteiger partial charge < -0.3 is 24.0 Å². The Labute approximate surface area is 172 Å². The van der Waals surface area contributed by atoms with E-state index in [1.165, 1.54) is 0 Å². The summed E-state index contributed by atoms with van der Waals surface area (Å²) in [5.41, 5.74) is 2.61. The van der Waals surface area contributed by atoms with E-state index in [0.717, 1.165) is 37.4 Å². The molecule has 0 bridgehead atoms. The van der Waals surface area contributed by atoms with Crippen molar-refractivity contribution >= 4 is 17.5 Å². The molecule has 0 radical (unpaired) electrons. The van der Waals surface area contributed by atoms with Gasteiger partial charge in [-0.3, -0.25) is 4.79 Å². The van der Waals surface area contributed by atoms with Crippen LogP contribution in [0.2, 0.25) is 0 Å². The molecule has 6 nitrogen and oxygen atoms in total. The number of allylic oxidation sites excluding steroid dienone is 1. The van der Waals surface area contributed by atoms with Crippen LogP contribution in [0.15, 0.2) is 42.5 Å². The second-order valence-electron chi connectivity index (χ2n) is 6.99. The van der Waals surface area contributed by atoms with Crippen LogP contribution in [-0.4, -0.2) is 65.2 Å². The van der Waals surface area contributed by atoms with E-state index in [1.807, 2.05) is 36.4 Å². The van der Waals surface area contributed by atoms with Gasteiger partial charge in [0.05, 0.1) is 21.3 Å². The third-order valence-electron chi connectivity index (χ3n) is 5.13. The molecule has 0 N–H and O–H groups in total. The number of carbonyl (C=O) groups excluding carboxylic acids is 1. The molecular formula is C23H28N2O4. The Morgan fingerprint density at radius 1 is 0.897 bits per heavy atom. The SMILES string of the molecule is COc1cc(/C=C/C(=O)c2ccc(N3CCN(C)CC3)cc2)cc(OC)c1OC. The van der Waals surface area contributed by atoms with Crippen molar-refractivity contribution in [2.24, 2.45) is 0 Å². The summed E-state index contributed by atoms with van der Waals surface area (Å²) in [5, 5.41) is 0. The summed E-state index contributed by atoms with van der Waals surface area (Å²) in [7, 11) is 6.83. The number of anilines is 1. The van der Waals surface area contributed by atoms with Gasteiger partial charge in [-0.2, -0.15) is 0 Å². The van der Waals surface area contributed by atoms with E-state index in [0.29, 0.717) is 22.8 Å². The Kier molecular flexibility index (Phi) is 6.77. The summed E-state index contributed by atoms with van der Waals surface area (Å²) in [5.74, 6) is 1.58. The highest BCUT2D eigenvalue weighted by Crippen LogP contribution is 2.38. The molecule has 3 rings (SSSR count). The van der Waals surface area contributed by atoms with Crippen LogP contribution in [-0.2, 0) is 0 Å². The fourth-order valence-electron chi connectivity index (χ4n) is 3.37. The molecule has 2 aromatic carbocycles. The number of hydrogen-bond acceptors (Lipinski definition) is 6. The lowest BCUT2D eigenvalue weighted by Crippen LogP contribution is -2.44. The number of methoxy groups -OCH3 is 3. The largest absolute Gasteiger partial charge is 0.493 e. The van der Waals surface area contributed by atoms with Gasteiger partial charge in [-0.15, -0.1) is 0 Å². The van der Waals surface area contributed by atoms with E-state index in [9.17, 15) is 4.79 Å². The fraction of sp³-hybridized carbons (Fsp3) is 0.348. The predicted molar refractivity (Wildman–Crippen MR) is 116 cm³/mol. The maximum absolute atomic E-state index is 12.6. The zero-order valence-electron chi connectivity index (χ0n) is 17.5. The van der Waals surface area contributed by atoms with Crippen LogP contribution in [0.1, 0.15) is 15.9 Å². The van der Waals surface area contributed by atoms with Gasteiger partial charge in [0.2, 0.25) is 5.75 Å². The molecule has 154 valence electrons. The fourth-order valence-corrected chi connectivity index (χ4v) is 3.37. The molecule has 0 aliphatic carbocycles. The van der Waals surface area contributed by atoms with Crippen molar-refractivity contribution in [3.05, 3.63) is 53.6 Å². The van der Waals surface area contributed by atoms with Crippen molar-refractivity contribution in [1.82, 2.24) is 4.90 Å². The lowest BCUT2D eigenvalue weighted by Gasteiger charge is -2.34. The smallest absolute Gasteiger partial charge is 0.203 e. The zero-order chi connectivity index (χ0) is 20.8. The molecule has 1 aliphatic rings. The number of carbonyl (C=O) groups is 1. The number of benzene rings is 2. The van der Waals surface area contributed by atoms with E-state index in [2.05, 4.69) is 16.8 Å². The first kappa shape index (κ1) is 20.7. The summed E-state index contributed by atoms with van der Waals surface area (Å²) in [6.45, 7) is 4.12. The van der Waals surface area contributed by atoms with Gasteiger partial charge in [-0.05, 0) is 55.1 Å². The van der Waals surface area contributed by atoms with Crippen molar-refractivity contribution < 1.29 is 19.0 Å². The molecule has 1 aliphatic heterocycles. The van der Waals surface area contributed by atoms with E-state index >= 15 is 0 Å². The molecule has 0 amide bonds. The summed E-state index contributed by atoms with van der Waals surface area (Å²) < 4.78 is 16.0. The monoisotopic (exact) mass is 396 g/mol. The number of likely N-dealkylation sites (N-methyl/N-ethyl adjacent to an activating group) is 1. The molecular weight excluding hydrogens is 368 g/mol. The van der Waals surface area contributed by atoms with E-state index < -0.39 is 0 Å². The second kappa shape index (κ2) is 9.47. The Morgan fingerprint density at radius 3 is 2.00 bits per heavy atom. The van der Waals surface area contributed by atoms with Crippen LogP contribution >= 0.6 is 0 Å². The van der Waals surface area contributed by atoms with Gasteiger partial charge in [-0.25, -0.2) is 0 Å². The zero-order valence-corrected chi connectivity index (χ0v) is 17.5. The predicted octanol–water partition coefficient (Wildman–Crippen LogP) is 3.36. The Hall–Kier alpha value is -2.99. The van der Waals surface area contributed by atoms with Gasteiger partial charge in [0.25, 0.3) is 0 Å². The summed E-state index contributed by atoms with van der Waals surface area (Å²) >= 11 is 0. The molecule has 1 heterocycles. The molecule has 1 saturated heterocycles. The van der Waals surface area contributed by atoms with Crippen LogP contribution in [0.5, 0.6) is 17.2 Å². The minimum Gasteiger partial charge on any atom is -0.493 e. The molecule has 0 saturated carbocycles. The van der Waals surface area contributed by atoms with Crippen LogP contribution in [0.25, 0.3) is 6.08 Å². The number of ketones is 1. The lowest BCUT2D eigenvalue weighted by atomic mass is 10.1. The topological polar surface area (TPSA) is 51.2 Å². The number of rotatable bonds is 7. The summed E-state index contributed by atoms with van der Waals surface area (Å²) in [6.07, 6.45) is 3.31. The Bertz CT molecular complexity index is 844. The van der Waals surface area contributed by atoms with Crippen molar-refractivity contribution in [2.75, 3.05) is 59.5 Å². The highest BCUT2D eigenvalue weighted by molar-refractivity contribution is 6.07. The molecule has 2 aromatic rings. The Balaban J connectivity index is 1.72. The Morgan fingerprint density at radius 2 is 1.48 bits per heavy atom. The van der Waals surface area contributed by atoms with Crippen LogP contribution < -0.4 is 19.1 Å². The lowest BCUT2D eigenvalue weighted by molar-refractivity contribution is 0.104. The van der Waals surface area contributed by atoms with E-state index in [4.69, 9.17) is 14.2 Å². The first-order chi connectivity index (χ1) is 14.0. The number of nitrogens with zero attached hydrogens (tertiary/aromatic N) is 2. The van der Waals surface area contributed by atoms with Gasteiger partial charge in [0, 0.05) is 37.4 Å². The van der Waals surface area contributed by atoms with Crippen LogP contribution in [0.4, 0.5) is 5.69 Å². The van der Waals surface area contributed by atoms with Crippen molar-refractivity contribution in [3.8, 4) is 17.2 Å². The third kappa shape index (κ3) is 4.90. The molecule has 6 heteroatoms. The van der Waals surface area contributed by atoms with Gasteiger partial charge in [0.15, 0.2) is 17.3 Å². The van der Waals surface area contributed by atoms with Crippen molar-refractivity contribution in [1.29, 1.82) is 0 Å². The average Bonchev–Trinajstić information content (AvgIpc) is 2.77. The van der Waals surface area contributed by atoms with Crippen molar-refractivity contribution in [2.45, 2.75) is 0 Å². The summed E-state index contributed by atoms with van der Waals surface area (Å²) in [4.78, 5) is 17.3. The maximum atomic E-state index is 12.6. The standard InChI is InChI=1S/C23H28N2O4/c1-24-11-13-25(14-12-24)19-8-6-18(7-9-19)20(26)10-5-17-15-21(27-2)23(29-4)22(16-17)28-3/h5-10,15-16H,11-14H2,1-4H3/b10-5+. The molecule has 0 unspecified atom stereocenters. The van der Waals surface area contributed by atoms with Gasteiger partial charge in [0.1, 0.15) is 0 Å². The molecule has 0 aromatic heterocycles. The number of piperazine rings is 1. The summed E-state index contributed by atoms with van der Waals surface area (Å²) in [6, 6.07) is 11.4. The minimum absolute atomic E-state index is 0.0521. The normalized spacial score (nSPS) is 14.8. The van der Waals surface area contributed by atoms with Crippen LogP contribution in [0, 0.1) is 0 Å². The molecule has 1 fully saturated rings.